The summed E-state index contributed by atoms with van der Waals surface area (Å²) in [5.74, 6) is -0.426. The number of benzene rings is 1. The Morgan fingerprint density at radius 3 is 2.96 bits per heavy atom. The van der Waals surface area contributed by atoms with Crippen molar-refractivity contribution >= 4 is 33.2 Å². The van der Waals surface area contributed by atoms with Crippen LogP contribution in [0.5, 0.6) is 5.75 Å². The lowest BCUT2D eigenvalue weighted by Crippen LogP contribution is -2.47. The van der Waals surface area contributed by atoms with Crippen LogP contribution < -0.4 is 9.64 Å². The van der Waals surface area contributed by atoms with Gasteiger partial charge in [0.25, 0.3) is 5.91 Å². The van der Waals surface area contributed by atoms with Crippen molar-refractivity contribution in [2.75, 3.05) is 4.90 Å². The van der Waals surface area contributed by atoms with E-state index in [0.717, 1.165) is 11.4 Å². The van der Waals surface area contributed by atoms with Crippen molar-refractivity contribution in [3.8, 4) is 5.75 Å². The number of carbonyl (C=O) groups is 1. The Morgan fingerprint density at radius 2 is 2.19 bits per heavy atom. The highest BCUT2D eigenvalue weighted by atomic mass is 79.9. The number of anilines is 1. The number of nitrogens with zero attached hydrogens (tertiary/aromatic N) is 4. The first-order valence-electron chi connectivity index (χ1n) is 8.27. The number of hydrogen-bond donors (Lipinski definition) is 0. The van der Waals surface area contributed by atoms with Gasteiger partial charge in [0, 0.05) is 19.0 Å². The third-order valence-corrected chi connectivity index (χ3v) is 5.37. The molecule has 3 aromatic rings. The van der Waals surface area contributed by atoms with Crippen LogP contribution in [0.3, 0.4) is 0 Å². The van der Waals surface area contributed by atoms with E-state index in [2.05, 4.69) is 25.9 Å². The lowest BCUT2D eigenvalue weighted by molar-refractivity contribution is -0.128. The second-order valence-corrected chi connectivity index (χ2v) is 7.47. The molecular weight excluding hydrogens is 403 g/mol. The van der Waals surface area contributed by atoms with Crippen molar-refractivity contribution in [2.45, 2.75) is 31.9 Å². The Labute approximate surface area is 156 Å². The lowest BCUT2D eigenvalue weighted by Gasteiger charge is -2.34. The third-order valence-electron chi connectivity index (χ3n) is 4.96. The summed E-state index contributed by atoms with van der Waals surface area (Å²) in [6.45, 7) is 2.17. The number of hydrogen-bond acceptors (Lipinski definition) is 4. The summed E-state index contributed by atoms with van der Waals surface area (Å²) in [7, 11) is 0. The molecule has 2 aliphatic rings. The van der Waals surface area contributed by atoms with Crippen molar-refractivity contribution in [1.29, 1.82) is 0 Å². The Hall–Kier alpha value is -2.48. The molecular formula is C18H14BrFN4O2. The molecule has 3 heterocycles. The Morgan fingerprint density at radius 1 is 1.38 bits per heavy atom. The van der Waals surface area contributed by atoms with Crippen LogP contribution >= 0.6 is 15.9 Å². The van der Waals surface area contributed by atoms with Crippen LogP contribution in [0.4, 0.5) is 10.1 Å². The maximum absolute atomic E-state index is 14.3. The molecule has 2 aromatic heterocycles. The van der Waals surface area contributed by atoms with Crippen LogP contribution in [0, 0.1) is 12.7 Å². The van der Waals surface area contributed by atoms with Gasteiger partial charge in [-0.1, -0.05) is 6.07 Å². The molecule has 1 fully saturated rings. The van der Waals surface area contributed by atoms with Crippen LogP contribution in [0.2, 0.25) is 0 Å². The molecule has 5 rings (SSSR count). The number of ether oxygens (including phenoxy) is 1. The molecule has 0 saturated heterocycles. The second kappa shape index (κ2) is 5.26. The predicted octanol–water partition coefficient (Wildman–Crippen LogP) is 3.40. The fraction of sp³-hybridized carbons (Fsp3) is 0.278. The topological polar surface area (TPSA) is 59.7 Å². The Kier molecular flexibility index (Phi) is 3.19. The molecule has 26 heavy (non-hydrogen) atoms. The zero-order chi connectivity index (χ0) is 18.1. The largest absolute Gasteiger partial charge is 0.472 e. The van der Waals surface area contributed by atoms with Gasteiger partial charge in [-0.15, -0.1) is 0 Å². The van der Waals surface area contributed by atoms with Gasteiger partial charge in [0.2, 0.25) is 0 Å². The van der Waals surface area contributed by atoms with Crippen LogP contribution in [-0.4, -0.2) is 25.9 Å². The quantitative estimate of drug-likeness (QED) is 0.642. The van der Waals surface area contributed by atoms with Gasteiger partial charge in [-0.2, -0.15) is 0 Å². The van der Waals surface area contributed by atoms with Gasteiger partial charge in [0.05, 0.1) is 29.8 Å². The molecule has 0 unspecified atom stereocenters. The SMILES string of the molecule is Cc1nc2cnc(Br)cn2c1CN1C(=O)C2(CC2)Oc2c(F)cccc21. The number of amides is 1. The van der Waals surface area contributed by atoms with Crippen molar-refractivity contribution in [1.82, 2.24) is 14.4 Å². The summed E-state index contributed by atoms with van der Waals surface area (Å²) >= 11 is 3.37. The maximum atomic E-state index is 14.3. The number of para-hydroxylation sites is 1. The normalized spacial score (nSPS) is 17.5. The minimum Gasteiger partial charge on any atom is -0.472 e. The van der Waals surface area contributed by atoms with Gasteiger partial charge in [-0.25, -0.2) is 14.4 Å². The van der Waals surface area contributed by atoms with Gasteiger partial charge in [0.15, 0.2) is 22.8 Å². The fourth-order valence-corrected chi connectivity index (χ4v) is 3.74. The van der Waals surface area contributed by atoms with Crippen molar-refractivity contribution in [3.05, 3.63) is 52.4 Å². The summed E-state index contributed by atoms with van der Waals surface area (Å²) in [6, 6.07) is 4.65. The number of carbonyl (C=O) groups excluding carboxylic acids is 1. The highest BCUT2D eigenvalue weighted by Gasteiger charge is 2.58. The Bertz CT molecular complexity index is 1080. The molecule has 1 spiro atoms. The molecule has 6 nitrogen and oxygen atoms in total. The summed E-state index contributed by atoms with van der Waals surface area (Å²) in [6.07, 6.45) is 4.70. The molecule has 1 saturated carbocycles. The van der Waals surface area contributed by atoms with E-state index in [4.69, 9.17) is 4.74 Å². The van der Waals surface area contributed by atoms with E-state index >= 15 is 0 Å². The van der Waals surface area contributed by atoms with E-state index in [1.807, 2.05) is 17.5 Å². The van der Waals surface area contributed by atoms with E-state index in [9.17, 15) is 9.18 Å². The summed E-state index contributed by atoms with van der Waals surface area (Å²) in [4.78, 5) is 23.4. The molecule has 8 heteroatoms. The average molecular weight is 417 g/mol. The first-order valence-corrected chi connectivity index (χ1v) is 9.06. The molecule has 0 atom stereocenters. The number of aryl methyl sites for hydroxylation is 1. The molecule has 1 amide bonds. The van der Waals surface area contributed by atoms with Crippen molar-refractivity contribution in [3.63, 3.8) is 0 Å². The standard InChI is InChI=1S/C18H14BrFN4O2/c1-10-13(23-9-14(19)21-7-15(23)22-10)8-24-12-4-2-3-11(20)16(12)26-18(5-6-18)17(24)25/h2-4,7,9H,5-6,8H2,1H3. The Balaban J connectivity index is 1.65. The molecule has 1 aromatic carbocycles. The smallest absolute Gasteiger partial charge is 0.271 e. The molecule has 0 N–H and O–H groups in total. The molecule has 0 bridgehead atoms. The van der Waals surface area contributed by atoms with Gasteiger partial charge in [-0.3, -0.25) is 14.1 Å². The summed E-state index contributed by atoms with van der Waals surface area (Å²) in [5.41, 5.74) is 1.89. The monoisotopic (exact) mass is 416 g/mol. The van der Waals surface area contributed by atoms with Crippen molar-refractivity contribution in [2.24, 2.45) is 0 Å². The van der Waals surface area contributed by atoms with E-state index in [1.54, 1.807) is 23.2 Å². The van der Waals surface area contributed by atoms with Crippen LogP contribution in [0.1, 0.15) is 24.2 Å². The molecule has 1 aliphatic heterocycles. The van der Waals surface area contributed by atoms with Gasteiger partial charge >= 0.3 is 0 Å². The first kappa shape index (κ1) is 15.7. The van der Waals surface area contributed by atoms with Crippen LogP contribution in [0.25, 0.3) is 5.65 Å². The van der Waals surface area contributed by atoms with Crippen molar-refractivity contribution < 1.29 is 13.9 Å². The van der Waals surface area contributed by atoms with E-state index < -0.39 is 11.4 Å². The summed E-state index contributed by atoms with van der Waals surface area (Å²) in [5, 5.41) is 0. The van der Waals surface area contributed by atoms with Gasteiger partial charge < -0.3 is 4.74 Å². The van der Waals surface area contributed by atoms with E-state index in [1.165, 1.54) is 6.07 Å². The fourth-order valence-electron chi connectivity index (χ4n) is 3.43. The molecule has 0 radical (unpaired) electrons. The first-order chi connectivity index (χ1) is 12.5. The minimum atomic E-state index is -0.911. The number of imidazole rings is 1. The van der Waals surface area contributed by atoms with E-state index in [-0.39, 0.29) is 18.2 Å². The maximum Gasteiger partial charge on any atom is 0.271 e. The number of halogens is 2. The number of aromatic nitrogens is 3. The zero-order valence-electron chi connectivity index (χ0n) is 13.9. The highest BCUT2D eigenvalue weighted by molar-refractivity contribution is 9.10. The van der Waals surface area contributed by atoms with E-state index in [0.29, 0.717) is 28.8 Å². The van der Waals surface area contributed by atoms with Crippen LogP contribution in [0.15, 0.2) is 35.2 Å². The molecule has 1 aliphatic carbocycles. The highest BCUT2D eigenvalue weighted by Crippen LogP contribution is 2.50. The number of rotatable bonds is 2. The third kappa shape index (κ3) is 2.18. The predicted molar refractivity (Wildman–Crippen MR) is 95.6 cm³/mol. The van der Waals surface area contributed by atoms with Gasteiger partial charge in [-0.05, 0) is 35.0 Å². The van der Waals surface area contributed by atoms with Crippen LogP contribution in [-0.2, 0) is 11.3 Å². The number of fused-ring (bicyclic) bond motifs is 2. The van der Waals surface area contributed by atoms with Gasteiger partial charge in [0.1, 0.15) is 4.60 Å². The second-order valence-electron chi connectivity index (χ2n) is 6.66. The zero-order valence-corrected chi connectivity index (χ0v) is 15.5. The minimum absolute atomic E-state index is 0.127. The summed E-state index contributed by atoms with van der Waals surface area (Å²) < 4.78 is 22.6. The lowest BCUT2D eigenvalue weighted by atomic mass is 10.1. The average Bonchev–Trinajstić information content (AvgIpc) is 3.32. The molecule has 132 valence electrons.